The molecule has 3 rings (SSSR count). The van der Waals surface area contributed by atoms with Crippen LogP contribution in [0.1, 0.15) is 5.56 Å². The fourth-order valence-electron chi connectivity index (χ4n) is 2.79. The number of urea groups is 1. The van der Waals surface area contributed by atoms with Gasteiger partial charge in [-0.25, -0.2) is 4.79 Å². The van der Waals surface area contributed by atoms with Crippen LogP contribution < -0.4 is 16.0 Å². The normalized spacial score (nSPS) is 16.9. The van der Waals surface area contributed by atoms with E-state index in [9.17, 15) is 23.2 Å². The molecule has 9 heteroatoms. The number of fused-ring (bicyclic) bond motifs is 1. The molecule has 26 heavy (non-hydrogen) atoms. The lowest BCUT2D eigenvalue weighted by molar-refractivity contribution is -0.137. The van der Waals surface area contributed by atoms with E-state index in [0.29, 0.717) is 5.39 Å². The van der Waals surface area contributed by atoms with Gasteiger partial charge in [0.15, 0.2) is 0 Å². The van der Waals surface area contributed by atoms with Crippen molar-refractivity contribution >= 4 is 22.6 Å². The number of benzene rings is 1. The Kier molecular flexibility index (Phi) is 4.26. The van der Waals surface area contributed by atoms with Gasteiger partial charge in [-0.3, -0.25) is 10.3 Å². The summed E-state index contributed by atoms with van der Waals surface area (Å²) in [5, 5.41) is 11.8. The lowest BCUT2D eigenvalue weighted by Crippen LogP contribution is -2.50. The number of hydrogen-bond donors (Lipinski definition) is 2. The van der Waals surface area contributed by atoms with Crippen LogP contribution in [0.15, 0.2) is 54.5 Å². The molecule has 1 atom stereocenters. The second kappa shape index (κ2) is 6.40. The first-order valence-corrected chi connectivity index (χ1v) is 7.41. The fourth-order valence-corrected chi connectivity index (χ4v) is 2.79. The van der Waals surface area contributed by atoms with Gasteiger partial charge in [0.2, 0.25) is 0 Å². The smallest absolute Gasteiger partial charge is 0.351 e. The molecule has 1 aromatic carbocycles. The van der Waals surface area contributed by atoms with E-state index in [1.165, 1.54) is 30.5 Å². The van der Waals surface area contributed by atoms with Crippen LogP contribution in [-0.4, -0.2) is 23.2 Å². The molecule has 0 aliphatic carbocycles. The number of nitrogens with two attached hydrogens (primary N) is 1. The third kappa shape index (κ3) is 3.04. The number of nitriles is 1. The van der Waals surface area contributed by atoms with Crippen molar-refractivity contribution in [3.63, 3.8) is 0 Å². The van der Waals surface area contributed by atoms with Crippen LogP contribution in [0.2, 0.25) is 0 Å². The number of allylic oxidation sites excluding steroid dienone is 2. The molecule has 1 aliphatic heterocycles. The molecule has 0 saturated heterocycles. The Morgan fingerprint density at radius 3 is 2.77 bits per heavy atom. The number of primary amides is 1. The highest BCUT2D eigenvalue weighted by molar-refractivity contribution is 5.96. The quantitative estimate of drug-likeness (QED) is 0.862. The standard InChI is InChI=1S/C17H12F3N5O/c18-17(19,20)13-5-2-6-14(24-16(22)26)25(13)12-7-8-23-15-10(9-21)3-1-4-11(12)15/h1-8,13H,(H3,22,24,26). The number of para-hydroxylation sites is 1. The highest BCUT2D eigenvalue weighted by Crippen LogP contribution is 2.37. The molecule has 0 radical (unpaired) electrons. The SMILES string of the molecule is N#Cc1cccc2c(N3C(NC(N)=O)=CC=CC3C(F)(F)F)ccnc12. The summed E-state index contributed by atoms with van der Waals surface area (Å²) in [6.45, 7) is 0. The average molecular weight is 359 g/mol. The summed E-state index contributed by atoms with van der Waals surface area (Å²) in [4.78, 5) is 16.3. The zero-order valence-corrected chi connectivity index (χ0v) is 13.2. The van der Waals surface area contributed by atoms with E-state index >= 15 is 0 Å². The van der Waals surface area contributed by atoms with Crippen molar-refractivity contribution < 1.29 is 18.0 Å². The number of hydrogen-bond acceptors (Lipinski definition) is 4. The van der Waals surface area contributed by atoms with E-state index in [2.05, 4.69) is 10.3 Å². The molecule has 6 nitrogen and oxygen atoms in total. The van der Waals surface area contributed by atoms with Gasteiger partial charge in [-0.1, -0.05) is 24.3 Å². The van der Waals surface area contributed by atoms with Crippen molar-refractivity contribution in [1.82, 2.24) is 10.3 Å². The van der Waals surface area contributed by atoms with Crippen LogP contribution in [0, 0.1) is 11.3 Å². The summed E-state index contributed by atoms with van der Waals surface area (Å²) in [6, 6.07) is 4.97. The zero-order chi connectivity index (χ0) is 18.9. The van der Waals surface area contributed by atoms with Gasteiger partial charge in [-0.15, -0.1) is 0 Å². The maximum Gasteiger partial charge on any atom is 0.412 e. The van der Waals surface area contributed by atoms with Crippen LogP contribution in [0.3, 0.4) is 0 Å². The predicted molar refractivity (Wildman–Crippen MR) is 88.7 cm³/mol. The summed E-state index contributed by atoms with van der Waals surface area (Å²) < 4.78 is 40.8. The first kappa shape index (κ1) is 17.3. The Morgan fingerprint density at radius 2 is 2.12 bits per heavy atom. The number of nitrogens with zero attached hydrogens (tertiary/aromatic N) is 3. The van der Waals surface area contributed by atoms with Gasteiger partial charge in [-0.05, 0) is 18.2 Å². The van der Waals surface area contributed by atoms with E-state index in [-0.39, 0.29) is 22.6 Å². The Bertz CT molecular complexity index is 975. The fraction of sp³-hybridized carbons (Fsp3) is 0.118. The highest BCUT2D eigenvalue weighted by atomic mass is 19.4. The summed E-state index contributed by atoms with van der Waals surface area (Å²) in [6.07, 6.45) is 0.175. The summed E-state index contributed by atoms with van der Waals surface area (Å²) in [5.41, 5.74) is 5.73. The molecule has 1 aromatic heterocycles. The number of carbonyl (C=O) groups excluding carboxylic acids is 1. The second-order valence-corrected chi connectivity index (χ2v) is 5.43. The Labute approximate surface area is 146 Å². The number of nitrogens with one attached hydrogen (secondary N) is 1. The number of amides is 2. The van der Waals surface area contributed by atoms with E-state index in [1.807, 2.05) is 6.07 Å². The molecule has 132 valence electrons. The van der Waals surface area contributed by atoms with E-state index in [1.54, 1.807) is 12.1 Å². The van der Waals surface area contributed by atoms with Gasteiger partial charge >= 0.3 is 12.2 Å². The lowest BCUT2D eigenvalue weighted by Gasteiger charge is -2.36. The maximum atomic E-state index is 13.6. The Balaban J connectivity index is 2.25. The number of halogens is 3. The van der Waals surface area contributed by atoms with Crippen LogP contribution in [0.5, 0.6) is 0 Å². The molecule has 2 amide bonds. The Hall–Kier alpha value is -3.54. The third-order valence-electron chi connectivity index (χ3n) is 3.80. The third-order valence-corrected chi connectivity index (χ3v) is 3.80. The minimum atomic E-state index is -4.61. The molecule has 2 heterocycles. The zero-order valence-electron chi connectivity index (χ0n) is 13.2. The molecule has 0 spiro atoms. The summed E-state index contributed by atoms with van der Waals surface area (Å²) >= 11 is 0. The van der Waals surface area contributed by atoms with Gasteiger partial charge in [0.1, 0.15) is 17.9 Å². The molecule has 1 aliphatic rings. The minimum Gasteiger partial charge on any atom is -0.351 e. The Morgan fingerprint density at radius 1 is 1.35 bits per heavy atom. The maximum absolute atomic E-state index is 13.6. The highest BCUT2D eigenvalue weighted by Gasteiger charge is 2.45. The van der Waals surface area contributed by atoms with Crippen LogP contribution in [0.25, 0.3) is 10.9 Å². The number of carbonyl (C=O) groups is 1. The lowest BCUT2D eigenvalue weighted by atomic mass is 10.1. The minimum absolute atomic E-state index is 0.128. The van der Waals surface area contributed by atoms with Crippen LogP contribution in [-0.2, 0) is 0 Å². The number of rotatable bonds is 2. The van der Waals surface area contributed by atoms with Crippen molar-refractivity contribution in [2.75, 3.05) is 4.90 Å². The second-order valence-electron chi connectivity index (χ2n) is 5.43. The number of pyridine rings is 1. The molecular weight excluding hydrogens is 347 g/mol. The molecule has 0 fully saturated rings. The number of anilines is 1. The summed E-state index contributed by atoms with van der Waals surface area (Å²) in [7, 11) is 0. The topological polar surface area (TPSA) is 95.0 Å². The van der Waals surface area contributed by atoms with E-state index < -0.39 is 18.2 Å². The number of alkyl halides is 3. The first-order valence-electron chi connectivity index (χ1n) is 7.41. The van der Waals surface area contributed by atoms with Gasteiger partial charge in [0.05, 0.1) is 16.8 Å². The largest absolute Gasteiger partial charge is 0.412 e. The molecule has 2 aromatic rings. The van der Waals surface area contributed by atoms with Gasteiger partial charge in [0, 0.05) is 11.6 Å². The van der Waals surface area contributed by atoms with Crippen molar-refractivity contribution in [2.45, 2.75) is 12.2 Å². The number of aromatic nitrogens is 1. The van der Waals surface area contributed by atoms with Crippen LogP contribution >= 0.6 is 0 Å². The van der Waals surface area contributed by atoms with Crippen LogP contribution in [0.4, 0.5) is 23.7 Å². The van der Waals surface area contributed by atoms with Crippen molar-refractivity contribution in [1.29, 1.82) is 5.26 Å². The average Bonchev–Trinajstić information content (AvgIpc) is 2.59. The monoisotopic (exact) mass is 359 g/mol. The van der Waals surface area contributed by atoms with Crippen molar-refractivity contribution in [3.8, 4) is 6.07 Å². The molecule has 1 unspecified atom stereocenters. The predicted octanol–water partition coefficient (Wildman–Crippen LogP) is 2.92. The molecule has 3 N–H and O–H groups in total. The van der Waals surface area contributed by atoms with Gasteiger partial charge in [0.25, 0.3) is 0 Å². The molecule has 0 saturated carbocycles. The van der Waals surface area contributed by atoms with E-state index in [4.69, 9.17) is 5.73 Å². The van der Waals surface area contributed by atoms with Gasteiger partial charge in [-0.2, -0.15) is 18.4 Å². The molecule has 0 bridgehead atoms. The first-order chi connectivity index (χ1) is 12.3. The molecular formula is C17H12F3N5O. The van der Waals surface area contributed by atoms with Crippen molar-refractivity contribution in [3.05, 3.63) is 60.1 Å². The van der Waals surface area contributed by atoms with Gasteiger partial charge < -0.3 is 10.6 Å². The van der Waals surface area contributed by atoms with E-state index in [0.717, 1.165) is 11.0 Å². The van der Waals surface area contributed by atoms with Crippen molar-refractivity contribution in [2.24, 2.45) is 5.73 Å². The summed E-state index contributed by atoms with van der Waals surface area (Å²) in [5.74, 6) is -0.128.